The van der Waals surface area contributed by atoms with Crippen LogP contribution in [0.5, 0.6) is 0 Å². The summed E-state index contributed by atoms with van der Waals surface area (Å²) in [5.41, 5.74) is 6.93. The van der Waals surface area contributed by atoms with E-state index in [1.54, 1.807) is 24.2 Å². The van der Waals surface area contributed by atoms with Crippen molar-refractivity contribution >= 4 is 29.3 Å². The normalized spacial score (nSPS) is 11.6. The summed E-state index contributed by atoms with van der Waals surface area (Å²) in [5, 5.41) is 4.50. The van der Waals surface area contributed by atoms with Gasteiger partial charge in [0.05, 0.1) is 11.4 Å². The zero-order valence-corrected chi connectivity index (χ0v) is 13.7. The van der Waals surface area contributed by atoms with E-state index >= 15 is 0 Å². The van der Waals surface area contributed by atoms with Gasteiger partial charge >= 0.3 is 0 Å². The van der Waals surface area contributed by atoms with E-state index in [0.29, 0.717) is 17.7 Å². The number of aromatic nitrogens is 3. The van der Waals surface area contributed by atoms with Crippen LogP contribution in [-0.2, 0) is 6.42 Å². The Labute approximate surface area is 139 Å². The number of imidazole rings is 1. The van der Waals surface area contributed by atoms with Crippen LogP contribution in [0, 0.1) is 0 Å². The smallest absolute Gasteiger partial charge is 0.188 e. The van der Waals surface area contributed by atoms with Gasteiger partial charge < -0.3 is 16.0 Å². The van der Waals surface area contributed by atoms with Crippen molar-refractivity contribution in [3.63, 3.8) is 0 Å². The molecule has 0 bridgehead atoms. The predicted octanol–water partition coefficient (Wildman–Crippen LogP) is 2.09. The Bertz CT molecular complexity index is 587. The predicted molar refractivity (Wildman–Crippen MR) is 91.4 cm³/mol. The van der Waals surface area contributed by atoms with Crippen LogP contribution in [0.1, 0.15) is 12.1 Å². The van der Waals surface area contributed by atoms with E-state index in [9.17, 15) is 0 Å². The van der Waals surface area contributed by atoms with E-state index in [1.807, 2.05) is 18.3 Å². The highest BCUT2D eigenvalue weighted by molar-refractivity contribution is 7.99. The van der Waals surface area contributed by atoms with E-state index < -0.39 is 0 Å². The van der Waals surface area contributed by atoms with Crippen molar-refractivity contribution in [2.24, 2.45) is 10.7 Å². The molecule has 0 aliphatic rings. The number of pyridine rings is 1. The van der Waals surface area contributed by atoms with Gasteiger partial charge in [0.1, 0.15) is 5.15 Å². The molecule has 22 heavy (non-hydrogen) atoms. The maximum Gasteiger partial charge on any atom is 0.188 e. The molecule has 0 saturated carbocycles. The summed E-state index contributed by atoms with van der Waals surface area (Å²) in [6.45, 7) is 1.43. The molecule has 6 nitrogen and oxygen atoms in total. The molecular weight excluding hydrogens is 320 g/mol. The third kappa shape index (κ3) is 6.36. The molecule has 2 aromatic rings. The summed E-state index contributed by atoms with van der Waals surface area (Å²) >= 11 is 7.45. The fourth-order valence-corrected chi connectivity index (χ4v) is 2.72. The number of halogens is 1. The summed E-state index contributed by atoms with van der Waals surface area (Å²) < 4.78 is 0. The Morgan fingerprint density at radius 3 is 3.14 bits per heavy atom. The molecule has 4 N–H and O–H groups in total. The second-order valence-corrected chi connectivity index (χ2v) is 6.02. The number of aryl methyl sites for hydroxylation is 1. The van der Waals surface area contributed by atoms with Crippen LogP contribution in [0.15, 0.2) is 40.7 Å². The highest BCUT2D eigenvalue weighted by Gasteiger charge is 1.98. The number of nitrogens with two attached hydrogens (primary N) is 1. The molecule has 0 aromatic carbocycles. The average molecular weight is 339 g/mol. The van der Waals surface area contributed by atoms with Crippen LogP contribution in [-0.4, -0.2) is 39.8 Å². The number of rotatable bonds is 8. The van der Waals surface area contributed by atoms with Gasteiger partial charge in [-0.2, -0.15) is 0 Å². The number of hydrogen-bond acceptors (Lipinski definition) is 4. The Kier molecular flexibility index (Phi) is 7.05. The van der Waals surface area contributed by atoms with Crippen molar-refractivity contribution in [2.45, 2.75) is 17.9 Å². The second-order valence-electron chi connectivity index (χ2n) is 4.52. The molecule has 118 valence electrons. The van der Waals surface area contributed by atoms with Gasteiger partial charge in [-0.15, -0.1) is 11.8 Å². The molecule has 2 heterocycles. The van der Waals surface area contributed by atoms with Crippen molar-refractivity contribution in [1.29, 1.82) is 0 Å². The first-order chi connectivity index (χ1) is 10.7. The topological polar surface area (TPSA) is 92.0 Å². The standard InChI is InChI=1S/C14H19ClN6S/c15-12-4-1-5-13(21-12)22-8-7-19-14(16)18-6-2-3-11-9-17-10-20-11/h1,4-5,9-10H,2-3,6-8H2,(H,17,20)(H3,16,18,19). The molecule has 8 heteroatoms. The van der Waals surface area contributed by atoms with Crippen LogP contribution in [0.4, 0.5) is 0 Å². The summed E-state index contributed by atoms with van der Waals surface area (Å²) in [6, 6.07) is 5.59. The van der Waals surface area contributed by atoms with Crippen molar-refractivity contribution in [3.8, 4) is 0 Å². The summed E-state index contributed by atoms with van der Waals surface area (Å²) in [4.78, 5) is 15.5. The summed E-state index contributed by atoms with van der Waals surface area (Å²) in [7, 11) is 0. The van der Waals surface area contributed by atoms with Gasteiger partial charge in [0.2, 0.25) is 0 Å². The first-order valence-corrected chi connectivity index (χ1v) is 8.37. The van der Waals surface area contributed by atoms with E-state index in [1.165, 1.54) is 0 Å². The zero-order chi connectivity index (χ0) is 15.6. The lowest BCUT2D eigenvalue weighted by atomic mass is 10.2. The Balaban J connectivity index is 1.56. The van der Waals surface area contributed by atoms with Gasteiger partial charge in [0.15, 0.2) is 5.96 Å². The Morgan fingerprint density at radius 2 is 2.36 bits per heavy atom. The number of aliphatic imine (C=N–C) groups is 1. The summed E-state index contributed by atoms with van der Waals surface area (Å²) in [6.07, 6.45) is 5.37. The van der Waals surface area contributed by atoms with Crippen LogP contribution >= 0.6 is 23.4 Å². The SMILES string of the molecule is NC(=NCCCc1cnc[nH]1)NCCSc1cccc(Cl)n1. The monoisotopic (exact) mass is 338 g/mol. The molecule has 0 aliphatic heterocycles. The number of thioether (sulfide) groups is 1. The number of guanidine groups is 1. The molecule has 2 aromatic heterocycles. The van der Waals surface area contributed by atoms with Crippen molar-refractivity contribution in [3.05, 3.63) is 41.6 Å². The molecule has 0 aliphatic carbocycles. The first-order valence-electron chi connectivity index (χ1n) is 7.00. The largest absolute Gasteiger partial charge is 0.370 e. The quantitative estimate of drug-likeness (QED) is 0.225. The minimum Gasteiger partial charge on any atom is -0.370 e. The minimum atomic E-state index is 0.476. The molecule has 0 spiro atoms. The lowest BCUT2D eigenvalue weighted by Gasteiger charge is -2.05. The lowest BCUT2D eigenvalue weighted by Crippen LogP contribution is -2.33. The van der Waals surface area contributed by atoms with E-state index in [4.69, 9.17) is 17.3 Å². The van der Waals surface area contributed by atoms with E-state index in [-0.39, 0.29) is 0 Å². The molecule has 0 fully saturated rings. The number of aromatic amines is 1. The van der Waals surface area contributed by atoms with Crippen LogP contribution < -0.4 is 11.1 Å². The Hall–Kier alpha value is -1.73. The van der Waals surface area contributed by atoms with Gasteiger partial charge in [-0.3, -0.25) is 4.99 Å². The maximum absolute atomic E-state index is 5.83. The summed E-state index contributed by atoms with van der Waals surface area (Å²) in [5.74, 6) is 1.32. The van der Waals surface area contributed by atoms with Gasteiger partial charge in [-0.1, -0.05) is 17.7 Å². The van der Waals surface area contributed by atoms with Crippen molar-refractivity contribution in [1.82, 2.24) is 20.3 Å². The fourth-order valence-electron chi connectivity index (χ4n) is 1.75. The zero-order valence-electron chi connectivity index (χ0n) is 12.1. The molecule has 0 unspecified atom stereocenters. The highest BCUT2D eigenvalue weighted by Crippen LogP contribution is 2.16. The number of hydrogen-bond donors (Lipinski definition) is 3. The van der Waals surface area contributed by atoms with Gasteiger partial charge in [0, 0.05) is 30.7 Å². The van der Waals surface area contributed by atoms with Gasteiger partial charge in [0.25, 0.3) is 0 Å². The third-order valence-electron chi connectivity index (χ3n) is 2.79. The average Bonchev–Trinajstić information content (AvgIpc) is 3.02. The molecule has 0 saturated heterocycles. The molecule has 0 amide bonds. The van der Waals surface area contributed by atoms with Gasteiger partial charge in [-0.25, -0.2) is 9.97 Å². The number of H-pyrrole nitrogens is 1. The highest BCUT2D eigenvalue weighted by atomic mass is 35.5. The first kappa shape index (κ1) is 16.6. The van der Waals surface area contributed by atoms with Crippen LogP contribution in [0.2, 0.25) is 5.15 Å². The van der Waals surface area contributed by atoms with Crippen LogP contribution in [0.25, 0.3) is 0 Å². The van der Waals surface area contributed by atoms with Crippen molar-refractivity contribution < 1.29 is 0 Å². The lowest BCUT2D eigenvalue weighted by molar-refractivity contribution is 0.806. The van der Waals surface area contributed by atoms with Crippen molar-refractivity contribution in [2.75, 3.05) is 18.8 Å². The second kappa shape index (κ2) is 9.32. The van der Waals surface area contributed by atoms with E-state index in [2.05, 4.69) is 25.3 Å². The molecule has 0 radical (unpaired) electrons. The van der Waals surface area contributed by atoms with Gasteiger partial charge in [-0.05, 0) is 25.0 Å². The fraction of sp³-hybridized carbons (Fsp3) is 0.357. The minimum absolute atomic E-state index is 0.476. The maximum atomic E-state index is 5.83. The van der Waals surface area contributed by atoms with Crippen LogP contribution in [0.3, 0.4) is 0 Å². The third-order valence-corrected chi connectivity index (χ3v) is 3.93. The molecule has 2 rings (SSSR count). The van der Waals surface area contributed by atoms with E-state index in [0.717, 1.165) is 35.9 Å². The number of nitrogens with zero attached hydrogens (tertiary/aromatic N) is 3. The number of nitrogens with one attached hydrogen (secondary N) is 2. The molecule has 0 atom stereocenters. The molecular formula is C14H19ClN6S. The Morgan fingerprint density at radius 1 is 1.45 bits per heavy atom.